The van der Waals surface area contributed by atoms with Crippen molar-refractivity contribution in [3.63, 3.8) is 0 Å². The molecule has 0 bridgehead atoms. The number of sulfone groups is 1. The maximum atomic E-state index is 11.6. The van der Waals surface area contributed by atoms with Gasteiger partial charge in [0.1, 0.15) is 0 Å². The van der Waals surface area contributed by atoms with E-state index in [2.05, 4.69) is 22.4 Å². The lowest BCUT2D eigenvalue weighted by molar-refractivity contribution is 0.402. The summed E-state index contributed by atoms with van der Waals surface area (Å²) in [6.45, 7) is 14.4. The van der Waals surface area contributed by atoms with Gasteiger partial charge in [0.2, 0.25) is 0 Å². The standard InChI is InChI=1S/C9H10N2O2S.C6H13N.2C2H6/c1-2-14(12,13)9-7-5-3-4-6-8(7)10-11-9;1-6-2-4-7-5-3-6;2*1-2/h3-6H,2H2,1H3,(H,10,11);6-7H,2-5H2,1H3;2*1-2H3. The zero-order valence-corrected chi connectivity index (χ0v) is 17.4. The van der Waals surface area contributed by atoms with Crippen LogP contribution in [0.5, 0.6) is 0 Å². The maximum absolute atomic E-state index is 11.6. The second-order valence-electron chi connectivity index (χ2n) is 5.41. The van der Waals surface area contributed by atoms with Crippen LogP contribution < -0.4 is 5.32 Å². The first-order valence-electron chi connectivity index (χ1n) is 9.41. The Morgan fingerprint density at radius 3 is 2.12 bits per heavy atom. The summed E-state index contributed by atoms with van der Waals surface area (Å²) in [6.07, 6.45) is 2.75. The van der Waals surface area contributed by atoms with Crippen molar-refractivity contribution >= 4 is 20.7 Å². The smallest absolute Gasteiger partial charge is 0.195 e. The Morgan fingerprint density at radius 1 is 1.08 bits per heavy atom. The minimum Gasteiger partial charge on any atom is -0.317 e. The quantitative estimate of drug-likeness (QED) is 0.822. The Labute approximate surface area is 153 Å². The van der Waals surface area contributed by atoms with E-state index in [9.17, 15) is 8.42 Å². The van der Waals surface area contributed by atoms with Gasteiger partial charge >= 0.3 is 0 Å². The molecule has 0 unspecified atom stereocenters. The fraction of sp³-hybridized carbons (Fsp3) is 0.632. The maximum Gasteiger partial charge on any atom is 0.195 e. The van der Waals surface area contributed by atoms with E-state index in [-0.39, 0.29) is 10.8 Å². The fourth-order valence-electron chi connectivity index (χ4n) is 2.28. The van der Waals surface area contributed by atoms with Crippen LogP contribution in [0.1, 0.15) is 54.4 Å². The molecule has 2 N–H and O–H groups in total. The summed E-state index contributed by atoms with van der Waals surface area (Å²) in [5.74, 6) is 1.06. The number of aromatic amines is 1. The predicted molar refractivity (Wildman–Crippen MR) is 108 cm³/mol. The molecule has 1 aliphatic rings. The van der Waals surface area contributed by atoms with Crippen molar-refractivity contribution in [3.05, 3.63) is 24.3 Å². The average molecular weight is 370 g/mol. The molecule has 0 amide bonds. The van der Waals surface area contributed by atoms with Gasteiger partial charge in [-0.2, -0.15) is 5.10 Å². The number of nitrogens with one attached hydrogen (secondary N) is 2. The average Bonchev–Trinajstić information content (AvgIpc) is 3.11. The van der Waals surface area contributed by atoms with Gasteiger partial charge in [0.15, 0.2) is 14.9 Å². The summed E-state index contributed by atoms with van der Waals surface area (Å²) in [6, 6.07) is 7.15. The molecule has 2 heterocycles. The van der Waals surface area contributed by atoms with E-state index < -0.39 is 9.84 Å². The molecule has 0 radical (unpaired) electrons. The second-order valence-corrected chi connectivity index (χ2v) is 7.62. The highest BCUT2D eigenvalue weighted by Crippen LogP contribution is 2.20. The van der Waals surface area contributed by atoms with E-state index in [1.54, 1.807) is 25.1 Å². The molecule has 0 atom stereocenters. The van der Waals surface area contributed by atoms with E-state index >= 15 is 0 Å². The van der Waals surface area contributed by atoms with Crippen LogP contribution in [-0.4, -0.2) is 37.5 Å². The van der Waals surface area contributed by atoms with Crippen LogP contribution in [-0.2, 0) is 9.84 Å². The van der Waals surface area contributed by atoms with Gasteiger partial charge in [-0.05, 0) is 44.0 Å². The summed E-state index contributed by atoms with van der Waals surface area (Å²) in [4.78, 5) is 0. The Hall–Kier alpha value is -1.40. The minimum atomic E-state index is -3.20. The summed E-state index contributed by atoms with van der Waals surface area (Å²) in [7, 11) is -3.20. The Bertz CT molecular complexity index is 675. The number of hydrogen-bond acceptors (Lipinski definition) is 4. The lowest BCUT2D eigenvalue weighted by Gasteiger charge is -2.17. The third kappa shape index (κ3) is 7.57. The van der Waals surface area contributed by atoms with Crippen molar-refractivity contribution < 1.29 is 8.42 Å². The Kier molecular flexibility index (Phi) is 12.2. The molecule has 6 heteroatoms. The molecule has 3 rings (SSSR count). The zero-order chi connectivity index (χ0) is 19.3. The molecule has 0 saturated carbocycles. The third-order valence-corrected chi connectivity index (χ3v) is 5.44. The fourth-order valence-corrected chi connectivity index (χ4v) is 3.26. The van der Waals surface area contributed by atoms with Crippen molar-refractivity contribution in [1.82, 2.24) is 15.5 Å². The molecule has 0 aliphatic carbocycles. The molecule has 1 fully saturated rings. The lowest BCUT2D eigenvalue weighted by Crippen LogP contribution is -2.26. The third-order valence-electron chi connectivity index (χ3n) is 3.75. The number of para-hydroxylation sites is 1. The van der Waals surface area contributed by atoms with Crippen molar-refractivity contribution in [2.75, 3.05) is 18.8 Å². The first-order chi connectivity index (χ1) is 12.0. The molecule has 2 aromatic rings. The highest BCUT2D eigenvalue weighted by atomic mass is 32.2. The van der Waals surface area contributed by atoms with Crippen LogP contribution >= 0.6 is 0 Å². The topological polar surface area (TPSA) is 74.8 Å². The monoisotopic (exact) mass is 369 g/mol. The molecule has 1 saturated heterocycles. The largest absolute Gasteiger partial charge is 0.317 e. The molecule has 25 heavy (non-hydrogen) atoms. The number of piperidine rings is 1. The number of benzene rings is 1. The van der Waals surface area contributed by atoms with Crippen molar-refractivity contribution in [2.24, 2.45) is 5.92 Å². The van der Waals surface area contributed by atoms with Crippen LogP contribution in [0, 0.1) is 5.92 Å². The molecule has 5 nitrogen and oxygen atoms in total. The van der Waals surface area contributed by atoms with E-state index in [0.717, 1.165) is 5.92 Å². The van der Waals surface area contributed by atoms with E-state index in [4.69, 9.17) is 0 Å². The molecule has 144 valence electrons. The minimum absolute atomic E-state index is 0.0825. The highest BCUT2D eigenvalue weighted by molar-refractivity contribution is 7.91. The van der Waals surface area contributed by atoms with Crippen molar-refractivity contribution in [1.29, 1.82) is 0 Å². The highest BCUT2D eigenvalue weighted by Gasteiger charge is 2.17. The Balaban J connectivity index is 0.000000441. The zero-order valence-electron chi connectivity index (χ0n) is 16.6. The van der Waals surface area contributed by atoms with Gasteiger partial charge in [-0.3, -0.25) is 5.10 Å². The van der Waals surface area contributed by atoms with Gasteiger partial charge in [0.25, 0.3) is 0 Å². The van der Waals surface area contributed by atoms with Crippen molar-refractivity contribution in [3.8, 4) is 0 Å². The number of fused-ring (bicyclic) bond motifs is 1. The molecular weight excluding hydrogens is 334 g/mol. The molecular formula is C19H35N3O2S. The van der Waals surface area contributed by atoms with E-state index in [0.29, 0.717) is 10.9 Å². The number of nitrogens with zero attached hydrogens (tertiary/aromatic N) is 1. The molecule has 1 aromatic heterocycles. The number of hydrogen-bond donors (Lipinski definition) is 2. The van der Waals surface area contributed by atoms with Crippen molar-refractivity contribution in [2.45, 2.75) is 59.4 Å². The van der Waals surface area contributed by atoms with Gasteiger partial charge < -0.3 is 5.32 Å². The normalized spacial score (nSPS) is 14.3. The molecule has 1 aliphatic heterocycles. The van der Waals surface area contributed by atoms with Crippen LogP contribution in [0.4, 0.5) is 0 Å². The number of H-pyrrole nitrogens is 1. The van der Waals surface area contributed by atoms with Gasteiger partial charge in [-0.15, -0.1) is 0 Å². The summed E-state index contributed by atoms with van der Waals surface area (Å²) in [5.41, 5.74) is 0.680. The summed E-state index contributed by atoms with van der Waals surface area (Å²) in [5, 5.41) is 10.7. The van der Waals surface area contributed by atoms with Crippen LogP contribution in [0.25, 0.3) is 10.9 Å². The van der Waals surface area contributed by atoms with Gasteiger partial charge in [-0.1, -0.05) is 53.7 Å². The predicted octanol–water partition coefficient (Wildman–Crippen LogP) is 4.41. The van der Waals surface area contributed by atoms with E-state index in [1.165, 1.54) is 25.9 Å². The van der Waals surface area contributed by atoms with Gasteiger partial charge in [-0.25, -0.2) is 8.42 Å². The number of rotatable bonds is 2. The van der Waals surface area contributed by atoms with Crippen LogP contribution in [0.2, 0.25) is 0 Å². The SMILES string of the molecule is CC.CC.CC1CCNCC1.CCS(=O)(=O)c1[nH]nc2ccccc12. The molecule has 0 spiro atoms. The Morgan fingerprint density at radius 2 is 1.64 bits per heavy atom. The summed E-state index contributed by atoms with van der Waals surface area (Å²) < 4.78 is 23.2. The lowest BCUT2D eigenvalue weighted by atomic mass is 10.0. The summed E-state index contributed by atoms with van der Waals surface area (Å²) >= 11 is 0. The molecule has 1 aromatic carbocycles. The van der Waals surface area contributed by atoms with Crippen LogP contribution in [0.15, 0.2) is 29.3 Å². The first kappa shape index (κ1) is 23.6. The van der Waals surface area contributed by atoms with Crippen LogP contribution in [0.3, 0.4) is 0 Å². The second kappa shape index (κ2) is 12.9. The first-order valence-corrected chi connectivity index (χ1v) is 11.1. The number of aromatic nitrogens is 2. The van der Waals surface area contributed by atoms with Gasteiger partial charge in [0, 0.05) is 5.39 Å². The van der Waals surface area contributed by atoms with Gasteiger partial charge in [0.05, 0.1) is 11.3 Å². The van der Waals surface area contributed by atoms with E-state index in [1.807, 2.05) is 33.8 Å².